The Labute approximate surface area is 166 Å². The number of thioether (sulfide) groups is 1. The summed E-state index contributed by atoms with van der Waals surface area (Å²) in [4.78, 5) is 25.2. The average Bonchev–Trinajstić information content (AvgIpc) is 3.15. The summed E-state index contributed by atoms with van der Waals surface area (Å²) in [6.45, 7) is 1.41. The first kappa shape index (κ1) is 18.2. The number of fused-ring (bicyclic) bond motifs is 1. The first-order chi connectivity index (χ1) is 13.6. The highest BCUT2D eigenvalue weighted by atomic mass is 32.2. The Hall–Kier alpha value is -3.13. The van der Waals surface area contributed by atoms with E-state index in [0.717, 1.165) is 16.9 Å². The van der Waals surface area contributed by atoms with Crippen molar-refractivity contribution >= 4 is 23.6 Å². The summed E-state index contributed by atoms with van der Waals surface area (Å²) in [7, 11) is 1.60. The topological polar surface area (TPSA) is 86.1 Å². The molecule has 142 valence electrons. The van der Waals surface area contributed by atoms with Gasteiger partial charge in [-0.05, 0) is 17.7 Å². The molecule has 0 saturated heterocycles. The molecule has 0 unspecified atom stereocenters. The highest BCUT2D eigenvalue weighted by Gasteiger charge is 2.40. The second-order valence-electron chi connectivity index (χ2n) is 6.34. The summed E-state index contributed by atoms with van der Waals surface area (Å²) in [5.74, 6) is 0.669. The Balaban J connectivity index is 1.77. The second-order valence-corrected chi connectivity index (χ2v) is 7.44. The number of benzene rings is 2. The van der Waals surface area contributed by atoms with Crippen molar-refractivity contribution in [2.45, 2.75) is 23.4 Å². The Kier molecular flexibility index (Phi) is 4.87. The minimum Gasteiger partial charge on any atom is -0.497 e. The number of methoxy groups -OCH3 is 1. The molecule has 0 aliphatic carbocycles. The fraction of sp³-hybridized carbons (Fsp3) is 0.200. The summed E-state index contributed by atoms with van der Waals surface area (Å²) < 4.78 is 6.69. The summed E-state index contributed by atoms with van der Waals surface area (Å²) in [6, 6.07) is 16.1. The monoisotopic (exact) mass is 394 g/mol. The van der Waals surface area contributed by atoms with E-state index < -0.39 is 6.04 Å². The number of rotatable bonds is 4. The molecule has 4 rings (SSSR count). The summed E-state index contributed by atoms with van der Waals surface area (Å²) in [5, 5.41) is 11.4. The quantitative estimate of drug-likeness (QED) is 0.732. The van der Waals surface area contributed by atoms with Crippen molar-refractivity contribution in [1.82, 2.24) is 20.1 Å². The van der Waals surface area contributed by atoms with E-state index in [1.165, 1.54) is 23.3 Å². The lowest BCUT2D eigenvalue weighted by molar-refractivity contribution is -0.119. The molecule has 0 saturated carbocycles. The summed E-state index contributed by atoms with van der Waals surface area (Å²) >= 11 is 1.41. The van der Waals surface area contributed by atoms with Crippen LogP contribution in [0.15, 0.2) is 59.8 Å². The Morgan fingerprint density at radius 1 is 1.11 bits per heavy atom. The zero-order valence-electron chi connectivity index (χ0n) is 15.3. The summed E-state index contributed by atoms with van der Waals surface area (Å²) in [6.07, 6.45) is 0. The van der Waals surface area contributed by atoms with E-state index in [1.54, 1.807) is 7.11 Å². The van der Waals surface area contributed by atoms with Gasteiger partial charge in [-0.15, -0.1) is 10.2 Å². The van der Waals surface area contributed by atoms with Crippen LogP contribution in [0.3, 0.4) is 0 Å². The molecule has 8 heteroatoms. The third-order valence-corrected chi connectivity index (χ3v) is 5.76. The van der Waals surface area contributed by atoms with Gasteiger partial charge >= 0.3 is 0 Å². The van der Waals surface area contributed by atoms with Crippen LogP contribution in [0.4, 0.5) is 0 Å². The molecule has 2 heterocycles. The number of hydrogen-bond acceptors (Lipinski definition) is 6. The van der Waals surface area contributed by atoms with Gasteiger partial charge < -0.3 is 10.1 Å². The molecule has 1 aliphatic rings. The van der Waals surface area contributed by atoms with E-state index in [2.05, 4.69) is 15.5 Å². The lowest BCUT2D eigenvalue weighted by Gasteiger charge is -2.31. The lowest BCUT2D eigenvalue weighted by atomic mass is 10.0. The van der Waals surface area contributed by atoms with Crippen LogP contribution in [-0.2, 0) is 4.79 Å². The average molecular weight is 394 g/mol. The molecule has 1 amide bonds. The molecule has 0 fully saturated rings. The molecular weight excluding hydrogens is 376 g/mol. The molecule has 3 aromatic rings. The Morgan fingerprint density at radius 2 is 1.82 bits per heavy atom. The number of aromatic nitrogens is 3. The van der Waals surface area contributed by atoms with Gasteiger partial charge in [0, 0.05) is 12.5 Å². The largest absolute Gasteiger partial charge is 0.497 e. The van der Waals surface area contributed by atoms with Crippen LogP contribution in [-0.4, -0.2) is 39.7 Å². The van der Waals surface area contributed by atoms with Crippen LogP contribution < -0.4 is 10.1 Å². The molecule has 2 aromatic carbocycles. The minimum atomic E-state index is -0.734. The molecule has 1 aliphatic heterocycles. The molecule has 0 bridgehead atoms. The van der Waals surface area contributed by atoms with Gasteiger partial charge in [0.2, 0.25) is 5.91 Å². The predicted octanol–water partition coefficient (Wildman–Crippen LogP) is 2.95. The highest BCUT2D eigenvalue weighted by Crippen LogP contribution is 2.43. The van der Waals surface area contributed by atoms with Crippen molar-refractivity contribution in [3.05, 3.63) is 60.2 Å². The van der Waals surface area contributed by atoms with E-state index in [-0.39, 0.29) is 17.1 Å². The Morgan fingerprint density at radius 3 is 2.46 bits per heavy atom. The van der Waals surface area contributed by atoms with Crippen LogP contribution in [0, 0.1) is 0 Å². The van der Waals surface area contributed by atoms with Gasteiger partial charge in [0.05, 0.1) is 12.4 Å². The predicted molar refractivity (Wildman–Crippen MR) is 105 cm³/mol. The van der Waals surface area contributed by atoms with E-state index in [1.807, 2.05) is 54.6 Å². The van der Waals surface area contributed by atoms with Gasteiger partial charge in [-0.2, -0.15) is 0 Å². The van der Waals surface area contributed by atoms with Crippen LogP contribution in [0.1, 0.15) is 22.5 Å². The van der Waals surface area contributed by atoms with Crippen LogP contribution in [0.5, 0.6) is 5.75 Å². The number of nitrogens with zero attached hydrogens (tertiary/aromatic N) is 3. The third kappa shape index (κ3) is 3.27. The van der Waals surface area contributed by atoms with Gasteiger partial charge in [-0.25, -0.2) is 4.57 Å². The van der Waals surface area contributed by atoms with Gasteiger partial charge in [0.1, 0.15) is 11.8 Å². The van der Waals surface area contributed by atoms with Gasteiger partial charge in [-0.3, -0.25) is 9.59 Å². The van der Waals surface area contributed by atoms with Crippen molar-refractivity contribution < 1.29 is 14.3 Å². The molecule has 0 radical (unpaired) electrons. The molecule has 1 N–H and O–H groups in total. The highest BCUT2D eigenvalue weighted by molar-refractivity contribution is 7.99. The maximum Gasteiger partial charge on any atom is 0.258 e. The van der Waals surface area contributed by atoms with Crippen molar-refractivity contribution in [2.24, 2.45) is 0 Å². The molecular formula is C20H18N4O3S. The summed E-state index contributed by atoms with van der Waals surface area (Å²) in [5.41, 5.74) is 1.69. The van der Waals surface area contributed by atoms with E-state index in [0.29, 0.717) is 11.0 Å². The van der Waals surface area contributed by atoms with Crippen LogP contribution >= 0.6 is 11.8 Å². The van der Waals surface area contributed by atoms with Gasteiger partial charge in [-0.1, -0.05) is 54.2 Å². The zero-order valence-corrected chi connectivity index (χ0v) is 16.1. The number of carbonyl (C=O) groups excluding carboxylic acids is 2. The minimum absolute atomic E-state index is 0.256. The number of carbonyl (C=O) groups is 2. The van der Waals surface area contributed by atoms with Crippen molar-refractivity contribution in [2.75, 3.05) is 7.11 Å². The maximum atomic E-state index is 13.3. The number of amides is 1. The molecule has 2 atom stereocenters. The number of ether oxygens (including phenoxy) is 1. The molecule has 1 aromatic heterocycles. The van der Waals surface area contributed by atoms with Crippen molar-refractivity contribution in [3.8, 4) is 17.1 Å². The van der Waals surface area contributed by atoms with E-state index in [4.69, 9.17) is 4.74 Å². The van der Waals surface area contributed by atoms with Crippen molar-refractivity contribution in [3.63, 3.8) is 0 Å². The fourth-order valence-corrected chi connectivity index (χ4v) is 4.39. The lowest BCUT2D eigenvalue weighted by Crippen LogP contribution is -2.48. The van der Waals surface area contributed by atoms with Crippen LogP contribution in [0.2, 0.25) is 0 Å². The fourth-order valence-electron chi connectivity index (χ4n) is 3.18. The normalized spacial score (nSPS) is 18.4. The SMILES string of the molecule is COc1ccc([C@H]2Sc3nnc(-c4ccccc4)n3C(=O)[C@H]2NC(C)=O)cc1. The maximum absolute atomic E-state index is 13.3. The molecule has 0 spiro atoms. The number of hydrogen-bond donors (Lipinski definition) is 1. The standard InChI is InChI=1S/C20H18N4O3S/c1-12(25)21-16-17(13-8-10-15(27-2)11-9-13)28-20-23-22-18(24(20)19(16)26)14-6-4-3-5-7-14/h3-11,16-17H,1-2H3,(H,21,25)/t16-,17+/m0/s1. The smallest absolute Gasteiger partial charge is 0.258 e. The molecule has 7 nitrogen and oxygen atoms in total. The zero-order chi connectivity index (χ0) is 19.7. The molecule has 28 heavy (non-hydrogen) atoms. The van der Waals surface area contributed by atoms with Gasteiger partial charge in [0.15, 0.2) is 11.0 Å². The first-order valence-corrected chi connectivity index (χ1v) is 9.59. The second kappa shape index (κ2) is 7.47. The van der Waals surface area contributed by atoms with E-state index >= 15 is 0 Å². The number of nitrogens with one attached hydrogen (secondary N) is 1. The van der Waals surface area contributed by atoms with E-state index in [9.17, 15) is 9.59 Å². The van der Waals surface area contributed by atoms with Crippen molar-refractivity contribution in [1.29, 1.82) is 0 Å². The van der Waals surface area contributed by atoms with Crippen LogP contribution in [0.25, 0.3) is 11.4 Å². The van der Waals surface area contributed by atoms with Gasteiger partial charge in [0.25, 0.3) is 5.91 Å². The Bertz CT molecular complexity index is 1020. The first-order valence-electron chi connectivity index (χ1n) is 8.71. The third-order valence-electron chi connectivity index (χ3n) is 4.49.